The molecule has 4 N–H and O–H groups in total. The van der Waals surface area contributed by atoms with E-state index < -0.39 is 0 Å². The van der Waals surface area contributed by atoms with E-state index in [4.69, 9.17) is 5.73 Å². The molecular weight excluding hydrogens is 276 g/mol. The van der Waals surface area contributed by atoms with E-state index >= 15 is 0 Å². The van der Waals surface area contributed by atoms with Gasteiger partial charge in [-0.3, -0.25) is 9.59 Å². The number of nitrogens with one attached hydrogen (secondary N) is 2. The van der Waals surface area contributed by atoms with Gasteiger partial charge in [0.25, 0.3) is 5.56 Å². The van der Waals surface area contributed by atoms with Crippen molar-refractivity contribution >= 4 is 23.5 Å². The fourth-order valence-electron chi connectivity index (χ4n) is 2.43. The average molecular weight is 296 g/mol. The summed E-state index contributed by atoms with van der Waals surface area (Å²) < 4.78 is 0. The Kier molecular flexibility index (Phi) is 5.05. The quantitative estimate of drug-likeness (QED) is 0.571. The number of nitrogens with zero attached hydrogens (tertiary/aromatic N) is 1. The number of nitrogen functional groups attached to an aromatic ring is 1. The molecule has 0 aliphatic heterocycles. The van der Waals surface area contributed by atoms with E-state index in [9.17, 15) is 9.59 Å². The smallest absolute Gasteiger partial charge is 0.253 e. The molecule has 0 spiro atoms. The number of hydrogen-bond acceptors (Lipinski definition) is 5. The molecule has 0 saturated heterocycles. The lowest BCUT2D eigenvalue weighted by molar-refractivity contribution is -0.119. The van der Waals surface area contributed by atoms with E-state index in [-0.39, 0.29) is 29.1 Å². The largest absolute Gasteiger partial charge is 0.383 e. The number of anilines is 1. The molecule has 6 nitrogen and oxygen atoms in total. The van der Waals surface area contributed by atoms with Gasteiger partial charge in [0.05, 0.1) is 5.75 Å². The highest BCUT2D eigenvalue weighted by molar-refractivity contribution is 7.99. The summed E-state index contributed by atoms with van der Waals surface area (Å²) in [6.07, 6.45) is 4.64. The summed E-state index contributed by atoms with van der Waals surface area (Å²) in [5.74, 6) is 0.898. The van der Waals surface area contributed by atoms with E-state index in [2.05, 4.69) is 22.2 Å². The van der Waals surface area contributed by atoms with Crippen molar-refractivity contribution < 1.29 is 4.79 Å². The number of carbonyl (C=O) groups is 1. The van der Waals surface area contributed by atoms with Crippen LogP contribution in [-0.4, -0.2) is 27.7 Å². The topological polar surface area (TPSA) is 101 Å². The molecule has 20 heavy (non-hydrogen) atoms. The zero-order valence-electron chi connectivity index (χ0n) is 11.5. The van der Waals surface area contributed by atoms with Crippen LogP contribution in [0.4, 0.5) is 5.82 Å². The molecule has 7 heteroatoms. The summed E-state index contributed by atoms with van der Waals surface area (Å²) in [4.78, 5) is 29.7. The molecular formula is C13H20N4O2S. The van der Waals surface area contributed by atoms with Crippen molar-refractivity contribution in [2.45, 2.75) is 43.8 Å². The summed E-state index contributed by atoms with van der Waals surface area (Å²) in [6.45, 7) is 2.17. The molecule has 1 fully saturated rings. The lowest BCUT2D eigenvalue weighted by Crippen LogP contribution is -2.41. The van der Waals surface area contributed by atoms with Crippen molar-refractivity contribution in [3.63, 3.8) is 0 Å². The fraction of sp³-hybridized carbons (Fsp3) is 0.615. The van der Waals surface area contributed by atoms with Gasteiger partial charge in [-0.05, 0) is 18.8 Å². The summed E-state index contributed by atoms with van der Waals surface area (Å²) in [7, 11) is 0. The molecule has 0 unspecified atom stereocenters. The molecule has 1 amide bonds. The second-order valence-electron chi connectivity index (χ2n) is 5.20. The summed E-state index contributed by atoms with van der Waals surface area (Å²) in [6, 6.07) is 1.48. The molecule has 110 valence electrons. The maximum absolute atomic E-state index is 11.9. The van der Waals surface area contributed by atoms with Crippen LogP contribution in [0.3, 0.4) is 0 Å². The number of nitrogens with two attached hydrogens (primary N) is 1. The molecule has 1 aromatic heterocycles. The summed E-state index contributed by atoms with van der Waals surface area (Å²) in [5, 5.41) is 3.43. The monoisotopic (exact) mass is 296 g/mol. The van der Waals surface area contributed by atoms with Gasteiger partial charge >= 0.3 is 0 Å². The van der Waals surface area contributed by atoms with Crippen LogP contribution in [0.2, 0.25) is 0 Å². The molecule has 0 aromatic carbocycles. The van der Waals surface area contributed by atoms with E-state index in [0.29, 0.717) is 11.1 Å². The van der Waals surface area contributed by atoms with Gasteiger partial charge in [0.2, 0.25) is 5.91 Å². The maximum atomic E-state index is 11.9. The van der Waals surface area contributed by atoms with Crippen LogP contribution >= 0.6 is 11.8 Å². The molecule has 1 heterocycles. The van der Waals surface area contributed by atoms with Crippen LogP contribution in [0.15, 0.2) is 16.0 Å². The van der Waals surface area contributed by atoms with Crippen molar-refractivity contribution in [3.05, 3.63) is 16.4 Å². The van der Waals surface area contributed by atoms with Crippen LogP contribution in [0.1, 0.15) is 32.6 Å². The Labute approximate surface area is 121 Å². The zero-order valence-corrected chi connectivity index (χ0v) is 12.3. The predicted molar refractivity (Wildman–Crippen MR) is 79.6 cm³/mol. The summed E-state index contributed by atoms with van der Waals surface area (Å²) in [5.41, 5.74) is 5.18. The number of carbonyl (C=O) groups excluding carboxylic acids is 1. The Morgan fingerprint density at radius 1 is 1.55 bits per heavy atom. The zero-order chi connectivity index (χ0) is 14.5. The third-order valence-electron chi connectivity index (χ3n) is 3.54. The Hall–Kier alpha value is -1.50. The number of thioether (sulfide) groups is 1. The predicted octanol–water partition coefficient (Wildman–Crippen LogP) is 1.14. The first-order valence-corrected chi connectivity index (χ1v) is 7.82. The SMILES string of the molecule is C[C@H]1CCCC[C@@H]1NC(=O)CSc1nc(N)cc(=O)[nH]1. The molecule has 1 aromatic rings. The lowest BCUT2D eigenvalue weighted by atomic mass is 9.86. The minimum atomic E-state index is -0.304. The van der Waals surface area contributed by atoms with Gasteiger partial charge in [-0.2, -0.15) is 0 Å². The molecule has 1 aliphatic rings. The normalized spacial score (nSPS) is 22.4. The third-order valence-corrected chi connectivity index (χ3v) is 4.41. The van der Waals surface area contributed by atoms with Gasteiger partial charge in [-0.1, -0.05) is 31.5 Å². The van der Waals surface area contributed by atoms with Crippen LogP contribution in [-0.2, 0) is 4.79 Å². The van der Waals surface area contributed by atoms with Crippen LogP contribution < -0.4 is 16.6 Å². The number of H-pyrrole nitrogens is 1. The van der Waals surface area contributed by atoms with Crippen molar-refractivity contribution in [3.8, 4) is 0 Å². The highest BCUT2D eigenvalue weighted by Gasteiger charge is 2.22. The Balaban J connectivity index is 1.84. The Bertz CT molecular complexity index is 531. The number of rotatable bonds is 4. The van der Waals surface area contributed by atoms with Crippen molar-refractivity contribution in [2.75, 3.05) is 11.5 Å². The number of hydrogen-bond donors (Lipinski definition) is 3. The standard InChI is InChI=1S/C13H20N4O2S/c1-8-4-2-3-5-9(8)15-12(19)7-20-13-16-10(14)6-11(18)17-13/h6,8-9H,2-5,7H2,1H3,(H,15,19)(H3,14,16,17,18)/t8-,9-/m0/s1. The molecule has 1 aliphatic carbocycles. The first kappa shape index (κ1) is 14.9. The molecule has 2 rings (SSSR count). The van der Waals surface area contributed by atoms with E-state index in [0.717, 1.165) is 6.42 Å². The number of amides is 1. The van der Waals surface area contributed by atoms with E-state index in [1.807, 2.05) is 0 Å². The second-order valence-corrected chi connectivity index (χ2v) is 6.16. The van der Waals surface area contributed by atoms with Crippen molar-refractivity contribution in [1.82, 2.24) is 15.3 Å². The fourth-order valence-corrected chi connectivity index (χ4v) is 3.13. The lowest BCUT2D eigenvalue weighted by Gasteiger charge is -2.29. The van der Waals surface area contributed by atoms with E-state index in [1.165, 1.54) is 37.1 Å². The Morgan fingerprint density at radius 2 is 2.30 bits per heavy atom. The number of aromatic amines is 1. The van der Waals surface area contributed by atoms with Gasteiger partial charge in [0, 0.05) is 12.1 Å². The Morgan fingerprint density at radius 3 is 3.00 bits per heavy atom. The van der Waals surface area contributed by atoms with Crippen molar-refractivity contribution in [2.24, 2.45) is 5.92 Å². The molecule has 0 bridgehead atoms. The average Bonchev–Trinajstić information content (AvgIpc) is 2.38. The first-order chi connectivity index (χ1) is 9.54. The van der Waals surface area contributed by atoms with Crippen LogP contribution in [0, 0.1) is 5.92 Å². The highest BCUT2D eigenvalue weighted by Crippen LogP contribution is 2.23. The van der Waals surface area contributed by atoms with Crippen molar-refractivity contribution in [1.29, 1.82) is 0 Å². The molecule has 1 saturated carbocycles. The molecule has 2 atom stereocenters. The van der Waals surface area contributed by atoms with Gasteiger partial charge < -0.3 is 16.0 Å². The molecule has 0 radical (unpaired) electrons. The van der Waals surface area contributed by atoms with Gasteiger partial charge in [-0.25, -0.2) is 4.98 Å². The third kappa shape index (κ3) is 4.26. The van der Waals surface area contributed by atoms with Gasteiger partial charge in [-0.15, -0.1) is 0 Å². The minimum Gasteiger partial charge on any atom is -0.383 e. The first-order valence-electron chi connectivity index (χ1n) is 6.83. The van der Waals surface area contributed by atoms with E-state index in [1.54, 1.807) is 0 Å². The van der Waals surface area contributed by atoms with Crippen LogP contribution in [0.5, 0.6) is 0 Å². The minimum absolute atomic E-state index is 0.0289. The summed E-state index contributed by atoms with van der Waals surface area (Å²) >= 11 is 1.19. The van der Waals surface area contributed by atoms with Crippen LogP contribution in [0.25, 0.3) is 0 Å². The maximum Gasteiger partial charge on any atom is 0.253 e. The van der Waals surface area contributed by atoms with Gasteiger partial charge in [0.15, 0.2) is 5.16 Å². The van der Waals surface area contributed by atoms with Gasteiger partial charge in [0.1, 0.15) is 5.82 Å². The highest BCUT2D eigenvalue weighted by atomic mass is 32.2. The second kappa shape index (κ2) is 6.78. The number of aromatic nitrogens is 2.